The van der Waals surface area contributed by atoms with Crippen LogP contribution in [-0.2, 0) is 32.6 Å². The van der Waals surface area contributed by atoms with E-state index >= 15 is 0 Å². The lowest BCUT2D eigenvalue weighted by atomic mass is 10.0. The second-order valence-electron chi connectivity index (χ2n) is 11.0. The third-order valence-corrected chi connectivity index (χ3v) is 9.42. The summed E-state index contributed by atoms with van der Waals surface area (Å²) in [6.07, 6.45) is 0.849. The van der Waals surface area contributed by atoms with Crippen molar-refractivity contribution in [2.24, 2.45) is 0 Å². The Kier molecular flexibility index (Phi) is 12.0. The van der Waals surface area contributed by atoms with Crippen LogP contribution in [0.3, 0.4) is 0 Å². The van der Waals surface area contributed by atoms with Crippen molar-refractivity contribution in [2.75, 3.05) is 31.6 Å². The Hall–Kier alpha value is -4.90. The van der Waals surface area contributed by atoms with Crippen LogP contribution in [0.15, 0.2) is 102 Å². The van der Waals surface area contributed by atoms with Gasteiger partial charge in [-0.3, -0.25) is 13.9 Å². The number of carbonyl (C=O) groups excluding carboxylic acids is 2. The topological polar surface area (TPSA) is 105 Å². The summed E-state index contributed by atoms with van der Waals surface area (Å²) in [5.41, 5.74) is 2.41. The number of anilines is 1. The molecule has 0 aromatic heterocycles. The van der Waals surface area contributed by atoms with Crippen molar-refractivity contribution in [2.45, 2.75) is 44.2 Å². The molecular formula is C36H40FN3O6S. The monoisotopic (exact) mass is 661 g/mol. The number of methoxy groups -OCH3 is 2. The maximum atomic E-state index is 14.5. The molecule has 9 nitrogen and oxygen atoms in total. The average Bonchev–Trinajstić information content (AvgIpc) is 3.08. The van der Waals surface area contributed by atoms with Gasteiger partial charge in [0.25, 0.3) is 10.0 Å². The lowest BCUT2D eigenvalue weighted by Gasteiger charge is -2.34. The fraction of sp³-hybridized carbons (Fsp3) is 0.278. The van der Waals surface area contributed by atoms with Crippen molar-refractivity contribution < 1.29 is 31.9 Å². The van der Waals surface area contributed by atoms with Crippen LogP contribution in [0.5, 0.6) is 11.5 Å². The van der Waals surface area contributed by atoms with E-state index in [-0.39, 0.29) is 35.2 Å². The second-order valence-corrected chi connectivity index (χ2v) is 12.9. The lowest BCUT2D eigenvalue weighted by Crippen LogP contribution is -2.53. The minimum Gasteiger partial charge on any atom is -0.493 e. The van der Waals surface area contributed by atoms with Gasteiger partial charge in [0.15, 0.2) is 11.5 Å². The van der Waals surface area contributed by atoms with Gasteiger partial charge in [0.05, 0.1) is 24.8 Å². The normalized spacial score (nSPS) is 11.8. The number of hydrogen-bond acceptors (Lipinski definition) is 6. The van der Waals surface area contributed by atoms with Crippen LogP contribution in [0.25, 0.3) is 0 Å². The van der Waals surface area contributed by atoms with E-state index in [0.29, 0.717) is 24.3 Å². The molecule has 0 spiro atoms. The number of nitrogens with zero attached hydrogens (tertiary/aromatic N) is 2. The number of benzene rings is 4. The van der Waals surface area contributed by atoms with Crippen LogP contribution < -0.4 is 19.1 Å². The highest BCUT2D eigenvalue weighted by atomic mass is 32.2. The number of nitrogens with one attached hydrogen (secondary N) is 1. The van der Waals surface area contributed by atoms with Gasteiger partial charge in [-0.15, -0.1) is 0 Å². The van der Waals surface area contributed by atoms with Crippen LogP contribution in [-0.4, -0.2) is 58.5 Å². The Morgan fingerprint density at radius 3 is 2.13 bits per heavy atom. The Morgan fingerprint density at radius 1 is 0.851 bits per heavy atom. The maximum absolute atomic E-state index is 14.5. The van der Waals surface area contributed by atoms with Crippen molar-refractivity contribution in [3.63, 3.8) is 0 Å². The summed E-state index contributed by atoms with van der Waals surface area (Å²) >= 11 is 0. The van der Waals surface area contributed by atoms with E-state index < -0.39 is 34.3 Å². The van der Waals surface area contributed by atoms with E-state index in [9.17, 15) is 22.4 Å². The zero-order chi connectivity index (χ0) is 34.0. The molecule has 0 bridgehead atoms. The van der Waals surface area contributed by atoms with Gasteiger partial charge in [-0.25, -0.2) is 12.8 Å². The van der Waals surface area contributed by atoms with Crippen LogP contribution in [0.2, 0.25) is 0 Å². The number of rotatable bonds is 15. The molecule has 0 saturated heterocycles. The molecule has 11 heteroatoms. The molecule has 47 heavy (non-hydrogen) atoms. The zero-order valence-electron chi connectivity index (χ0n) is 27.0. The summed E-state index contributed by atoms with van der Waals surface area (Å²) < 4.78 is 54.2. The summed E-state index contributed by atoms with van der Waals surface area (Å²) in [4.78, 5) is 29.6. The highest BCUT2D eigenvalue weighted by Crippen LogP contribution is 2.34. The predicted octanol–water partition coefficient (Wildman–Crippen LogP) is 5.51. The first-order chi connectivity index (χ1) is 22.6. The number of sulfonamides is 1. The number of carbonyl (C=O) groups is 2. The van der Waals surface area contributed by atoms with Gasteiger partial charge in [-0.2, -0.15) is 0 Å². The smallest absolute Gasteiger partial charge is 0.264 e. The fourth-order valence-electron chi connectivity index (χ4n) is 5.05. The molecule has 4 aromatic rings. The standard InChI is InChI=1S/C36H40FN3O6S/c1-5-21-38-36(42)32(22-27-9-7-6-8-10-27)39(24-28-13-15-29(37)16-14-28)35(41)25-40(30-17-20-33(45-3)34(23-30)46-4)47(43,44)31-18-11-26(2)12-19-31/h6-20,23,32H,5,21-22,24-25H2,1-4H3,(H,38,42)/t32-/m1/s1. The first kappa shape index (κ1) is 35.0. The molecule has 0 saturated carbocycles. The molecular weight excluding hydrogens is 621 g/mol. The predicted molar refractivity (Wildman–Crippen MR) is 179 cm³/mol. The second kappa shape index (κ2) is 16.1. The SMILES string of the molecule is CCCNC(=O)[C@@H](Cc1ccccc1)N(Cc1ccc(F)cc1)C(=O)CN(c1ccc(OC)c(OC)c1)S(=O)(=O)c1ccc(C)cc1. The molecule has 1 atom stereocenters. The Labute approximate surface area is 276 Å². The minimum absolute atomic E-state index is 0.0164. The number of ether oxygens (including phenoxy) is 2. The average molecular weight is 662 g/mol. The number of aryl methyl sites for hydroxylation is 1. The molecule has 0 radical (unpaired) electrons. The third-order valence-electron chi connectivity index (χ3n) is 7.63. The highest BCUT2D eigenvalue weighted by molar-refractivity contribution is 7.92. The van der Waals surface area contributed by atoms with Crippen molar-refractivity contribution in [1.29, 1.82) is 0 Å². The zero-order valence-corrected chi connectivity index (χ0v) is 27.8. The van der Waals surface area contributed by atoms with Crippen LogP contribution in [0.1, 0.15) is 30.0 Å². The molecule has 0 unspecified atom stereocenters. The Balaban J connectivity index is 1.83. The molecule has 0 aliphatic heterocycles. The largest absolute Gasteiger partial charge is 0.493 e. The third kappa shape index (κ3) is 8.88. The van der Waals surface area contributed by atoms with Crippen LogP contribution in [0.4, 0.5) is 10.1 Å². The first-order valence-corrected chi connectivity index (χ1v) is 16.7. The fourth-order valence-corrected chi connectivity index (χ4v) is 6.46. The summed E-state index contributed by atoms with van der Waals surface area (Å²) in [5, 5.41) is 2.90. The molecule has 248 valence electrons. The van der Waals surface area contributed by atoms with Crippen molar-refractivity contribution in [3.8, 4) is 11.5 Å². The summed E-state index contributed by atoms with van der Waals surface area (Å²) in [6, 6.07) is 24.8. The quantitative estimate of drug-likeness (QED) is 0.180. The maximum Gasteiger partial charge on any atom is 0.264 e. The van der Waals surface area contributed by atoms with Crippen LogP contribution in [0, 0.1) is 12.7 Å². The van der Waals surface area contributed by atoms with E-state index in [1.807, 2.05) is 44.2 Å². The van der Waals surface area contributed by atoms with E-state index in [0.717, 1.165) is 15.4 Å². The van der Waals surface area contributed by atoms with Crippen molar-refractivity contribution >= 4 is 27.5 Å². The van der Waals surface area contributed by atoms with Gasteiger partial charge in [0, 0.05) is 25.6 Å². The summed E-state index contributed by atoms with van der Waals surface area (Å²) in [7, 11) is -1.41. The van der Waals surface area contributed by atoms with Crippen LogP contribution >= 0.6 is 0 Å². The minimum atomic E-state index is -4.30. The van der Waals surface area contributed by atoms with Gasteiger partial charge in [0.1, 0.15) is 18.4 Å². The molecule has 1 N–H and O–H groups in total. The molecule has 0 fully saturated rings. The summed E-state index contributed by atoms with van der Waals surface area (Å²) in [5.74, 6) is -0.816. The van der Waals surface area contributed by atoms with Gasteiger partial charge in [0.2, 0.25) is 11.8 Å². The molecule has 4 rings (SSSR count). The molecule has 0 aliphatic carbocycles. The molecule has 0 heterocycles. The van der Waals surface area contributed by atoms with E-state index in [1.165, 1.54) is 67.7 Å². The van der Waals surface area contributed by atoms with E-state index in [1.54, 1.807) is 18.2 Å². The van der Waals surface area contributed by atoms with Crippen molar-refractivity contribution in [3.05, 3.63) is 120 Å². The molecule has 4 aromatic carbocycles. The Bertz CT molecular complexity index is 1750. The lowest BCUT2D eigenvalue weighted by molar-refractivity contribution is -0.140. The van der Waals surface area contributed by atoms with Gasteiger partial charge < -0.3 is 19.7 Å². The molecule has 2 amide bonds. The number of halogens is 1. The van der Waals surface area contributed by atoms with Crippen molar-refractivity contribution in [1.82, 2.24) is 10.2 Å². The summed E-state index contributed by atoms with van der Waals surface area (Å²) in [6.45, 7) is 3.45. The van der Waals surface area contributed by atoms with E-state index in [2.05, 4.69) is 5.32 Å². The Morgan fingerprint density at radius 2 is 1.51 bits per heavy atom. The van der Waals surface area contributed by atoms with Gasteiger partial charge >= 0.3 is 0 Å². The first-order valence-electron chi connectivity index (χ1n) is 15.2. The van der Waals surface area contributed by atoms with Gasteiger partial charge in [-0.05, 0) is 60.9 Å². The van der Waals surface area contributed by atoms with E-state index in [4.69, 9.17) is 9.47 Å². The molecule has 0 aliphatic rings. The number of amides is 2. The highest BCUT2D eigenvalue weighted by Gasteiger charge is 2.35. The van der Waals surface area contributed by atoms with Gasteiger partial charge in [-0.1, -0.05) is 67.1 Å². The number of hydrogen-bond donors (Lipinski definition) is 1.